The van der Waals surface area contributed by atoms with Gasteiger partial charge in [-0.15, -0.1) is 0 Å². The number of allylic oxidation sites excluding steroid dienone is 2. The number of nitrogens with two attached hydrogens (primary N) is 1. The lowest BCUT2D eigenvalue weighted by Gasteiger charge is -2.46. The van der Waals surface area contributed by atoms with Crippen molar-refractivity contribution in [1.29, 1.82) is 0 Å². The second kappa shape index (κ2) is 22.5. The van der Waals surface area contributed by atoms with Gasteiger partial charge in [-0.05, 0) is 122 Å². The zero-order chi connectivity index (χ0) is 50.2. The van der Waals surface area contributed by atoms with Crippen LogP contribution in [-0.2, 0) is 28.7 Å². The summed E-state index contributed by atoms with van der Waals surface area (Å²) in [5, 5.41) is 29.6. The Balaban J connectivity index is 0.000000211. The third-order valence-electron chi connectivity index (χ3n) is 14.8. The summed E-state index contributed by atoms with van der Waals surface area (Å²) in [6.07, 6.45) is 11.1. The first-order chi connectivity index (χ1) is 32.9. The number of hydrogen-bond acceptors (Lipinski definition) is 11. The number of benzene rings is 2. The summed E-state index contributed by atoms with van der Waals surface area (Å²) in [7, 11) is 0. The van der Waals surface area contributed by atoms with Crippen molar-refractivity contribution >= 4 is 36.0 Å². The van der Waals surface area contributed by atoms with E-state index in [-0.39, 0.29) is 78.7 Å². The number of carboxylic acids is 1. The van der Waals surface area contributed by atoms with Crippen LogP contribution in [0.4, 0.5) is 8.78 Å². The Morgan fingerprint density at radius 1 is 0.696 bits per heavy atom. The molecule has 0 unspecified atom stereocenters. The molecule has 15 heteroatoms. The first kappa shape index (κ1) is 52.2. The predicted molar refractivity (Wildman–Crippen MR) is 257 cm³/mol. The molecular formula is C54H64F2N4O9. The molecule has 2 saturated carbocycles. The number of ether oxygens (including phenoxy) is 2. The first-order valence-electron chi connectivity index (χ1n) is 23.6. The van der Waals surface area contributed by atoms with Gasteiger partial charge in [-0.2, -0.15) is 0 Å². The molecule has 0 bridgehead atoms. The number of hydrogen-bond donors (Lipinski definition) is 5. The number of carbonyl (C=O) groups is 4. The van der Waals surface area contributed by atoms with Crippen LogP contribution in [0.25, 0.3) is 34.4 Å². The molecule has 4 heterocycles. The lowest BCUT2D eigenvalue weighted by molar-refractivity contribution is -0.167. The van der Waals surface area contributed by atoms with E-state index in [4.69, 9.17) is 25.4 Å². The SMILES string of the molecule is C[C@H]1[C@@H](/C=C/c2ccc(-c3cccc(F)c3)cn2)[C@@H]2[C@@H](C)OC(=O)[C@]2(C(=O)NCCO)C[C@@H]1C.C[C@H]1[C@H](/C=C/c2ccc(-c3cccc(F)c3)cn2)[C@H]2[C@@H](C)OC(=O)[C@]2(C(=O)O)C[C@@H]1C.NCCO. The fourth-order valence-corrected chi connectivity index (χ4v) is 11.0. The van der Waals surface area contributed by atoms with Gasteiger partial charge in [-0.1, -0.05) is 76.2 Å². The molecule has 4 aliphatic rings. The third kappa shape index (κ3) is 10.9. The number of carbonyl (C=O) groups excluding carboxylic acids is 3. The van der Waals surface area contributed by atoms with Crippen LogP contribution in [0.2, 0.25) is 0 Å². The summed E-state index contributed by atoms with van der Waals surface area (Å²) in [5.41, 5.74) is 6.61. The third-order valence-corrected chi connectivity index (χ3v) is 14.8. The number of fused-ring (bicyclic) bond motifs is 2. The van der Waals surface area contributed by atoms with Gasteiger partial charge < -0.3 is 35.8 Å². The average Bonchev–Trinajstić information content (AvgIpc) is 3.75. The molecule has 0 spiro atoms. The topological polar surface area (TPSA) is 211 Å². The van der Waals surface area contributed by atoms with Crippen molar-refractivity contribution in [3.63, 3.8) is 0 Å². The van der Waals surface area contributed by atoms with Crippen LogP contribution in [0.1, 0.15) is 65.8 Å². The van der Waals surface area contributed by atoms with Crippen LogP contribution in [0.5, 0.6) is 0 Å². The number of rotatable bonds is 11. The molecule has 4 aromatic rings. The molecule has 12 atom stereocenters. The van der Waals surface area contributed by atoms with Gasteiger partial charge in [0.05, 0.1) is 24.6 Å². The molecule has 13 nitrogen and oxygen atoms in total. The molecule has 4 fully saturated rings. The Morgan fingerprint density at radius 2 is 1.13 bits per heavy atom. The molecule has 2 aromatic carbocycles. The largest absolute Gasteiger partial charge is 0.480 e. The molecule has 8 rings (SSSR count). The maximum atomic E-state index is 13.5. The summed E-state index contributed by atoms with van der Waals surface area (Å²) < 4.78 is 38.1. The van der Waals surface area contributed by atoms with E-state index in [0.717, 1.165) is 27.9 Å². The van der Waals surface area contributed by atoms with Crippen LogP contribution >= 0.6 is 0 Å². The van der Waals surface area contributed by atoms with Crippen LogP contribution < -0.4 is 11.1 Å². The van der Waals surface area contributed by atoms with Crippen molar-refractivity contribution < 1.29 is 52.8 Å². The Hall–Kier alpha value is -6.16. The Morgan fingerprint density at radius 3 is 1.52 bits per heavy atom. The zero-order valence-corrected chi connectivity index (χ0v) is 39.9. The number of cyclic esters (lactones) is 2. The molecule has 2 aromatic heterocycles. The summed E-state index contributed by atoms with van der Waals surface area (Å²) in [6.45, 7) is 12.3. The molecule has 0 radical (unpaired) electrons. The van der Waals surface area contributed by atoms with Crippen molar-refractivity contribution in [3.05, 3.63) is 120 Å². The maximum absolute atomic E-state index is 13.5. The van der Waals surface area contributed by atoms with Crippen molar-refractivity contribution in [2.24, 2.45) is 63.9 Å². The Kier molecular flexibility index (Phi) is 17.0. The molecule has 2 aliphatic carbocycles. The average molecular weight is 951 g/mol. The van der Waals surface area contributed by atoms with Gasteiger partial charge in [0, 0.05) is 48.4 Å². The van der Waals surface area contributed by atoms with Gasteiger partial charge in [-0.3, -0.25) is 29.1 Å². The highest BCUT2D eigenvalue weighted by Crippen LogP contribution is 2.58. The number of esters is 2. The van der Waals surface area contributed by atoms with E-state index in [1.54, 1.807) is 31.5 Å². The minimum Gasteiger partial charge on any atom is -0.480 e. The Bertz CT molecular complexity index is 2500. The highest BCUT2D eigenvalue weighted by Gasteiger charge is 2.67. The number of aliphatic carboxylic acids is 1. The number of amides is 1. The van der Waals surface area contributed by atoms with E-state index in [2.05, 4.69) is 36.1 Å². The summed E-state index contributed by atoms with van der Waals surface area (Å²) >= 11 is 0. The number of aliphatic hydroxyl groups excluding tert-OH is 2. The van der Waals surface area contributed by atoms with E-state index in [1.165, 1.54) is 24.3 Å². The van der Waals surface area contributed by atoms with E-state index >= 15 is 0 Å². The number of aliphatic hydroxyl groups is 2. The summed E-state index contributed by atoms with van der Waals surface area (Å²) in [5.74, 6) is -3.50. The summed E-state index contributed by atoms with van der Waals surface area (Å²) in [4.78, 5) is 60.0. The normalized spacial score (nSPS) is 30.2. The van der Waals surface area contributed by atoms with Crippen molar-refractivity contribution in [1.82, 2.24) is 15.3 Å². The second-order valence-electron chi connectivity index (χ2n) is 18.9. The number of aromatic nitrogens is 2. The van der Waals surface area contributed by atoms with Gasteiger partial charge in [0.15, 0.2) is 10.8 Å². The molecule has 1 amide bonds. The number of nitrogens with one attached hydrogen (secondary N) is 1. The van der Waals surface area contributed by atoms with Crippen molar-refractivity contribution in [2.75, 3.05) is 26.3 Å². The lowest BCUT2D eigenvalue weighted by atomic mass is 9.54. The van der Waals surface area contributed by atoms with Gasteiger partial charge in [-0.25, -0.2) is 8.78 Å². The maximum Gasteiger partial charge on any atom is 0.324 e. The van der Waals surface area contributed by atoms with Gasteiger partial charge in [0.1, 0.15) is 23.8 Å². The van der Waals surface area contributed by atoms with Crippen molar-refractivity contribution in [2.45, 2.75) is 66.6 Å². The quantitative estimate of drug-likeness (QED) is 0.0727. The molecule has 368 valence electrons. The minimum absolute atomic E-state index is 0.0585. The van der Waals surface area contributed by atoms with Crippen LogP contribution in [-0.4, -0.2) is 87.6 Å². The number of carboxylic acid groups (broad SMARTS) is 1. The zero-order valence-electron chi connectivity index (χ0n) is 39.9. The fraction of sp³-hybridized carbons (Fsp3) is 0.444. The Labute approximate surface area is 402 Å². The molecule has 2 aliphatic heterocycles. The fourth-order valence-electron chi connectivity index (χ4n) is 11.0. The molecule has 6 N–H and O–H groups in total. The number of pyridine rings is 2. The second-order valence-corrected chi connectivity index (χ2v) is 18.9. The summed E-state index contributed by atoms with van der Waals surface area (Å²) in [6, 6.07) is 20.2. The molecular weight excluding hydrogens is 887 g/mol. The highest BCUT2D eigenvalue weighted by atomic mass is 19.1. The predicted octanol–water partition coefficient (Wildman–Crippen LogP) is 7.61. The van der Waals surface area contributed by atoms with E-state index in [9.17, 15) is 33.1 Å². The van der Waals surface area contributed by atoms with Gasteiger partial charge in [0.25, 0.3) is 0 Å². The van der Waals surface area contributed by atoms with E-state index in [1.807, 2.05) is 74.5 Å². The van der Waals surface area contributed by atoms with Gasteiger partial charge in [0.2, 0.25) is 5.91 Å². The lowest BCUT2D eigenvalue weighted by Crippen LogP contribution is -2.56. The van der Waals surface area contributed by atoms with Crippen LogP contribution in [0.3, 0.4) is 0 Å². The van der Waals surface area contributed by atoms with Crippen molar-refractivity contribution in [3.8, 4) is 22.3 Å². The van der Waals surface area contributed by atoms with E-state index < -0.39 is 46.9 Å². The minimum atomic E-state index is -1.49. The number of halogens is 2. The molecule has 69 heavy (non-hydrogen) atoms. The standard InChI is InChI=1S/C27H31FN2O4.C25H26FNO4.C2H7NO/c1-16-14-27(25(32)29-11-12-31)24(18(3)34-26(27)33)23(17(16)2)10-9-22-8-7-20(15-30-22)19-5-4-6-21(28)13-19;1-14-12-25(23(28)29)22(16(3)31-24(25)30)21(15(14)2)10-9-20-8-7-18(13-27-20)17-5-4-6-19(26)11-17;3-1-2-4/h4-10,13,15-18,23-24,31H,11-12,14H2,1-3H3,(H,29,32);4-11,13-16,21-22H,12H2,1-3H3,(H,28,29);4H,1-3H2/b2*10-9+;/t16-,17+,18+,23+,24-,27+;14-,15+,16+,21-,22+,25+;/m00./s1. The van der Waals surface area contributed by atoms with Crippen LogP contribution in [0.15, 0.2) is 97.3 Å². The van der Waals surface area contributed by atoms with Crippen LogP contribution in [0, 0.1) is 69.8 Å². The first-order valence-corrected chi connectivity index (χ1v) is 23.6. The molecule has 2 saturated heterocycles. The number of nitrogens with zero attached hydrogens (tertiary/aromatic N) is 2. The van der Waals surface area contributed by atoms with Gasteiger partial charge >= 0.3 is 17.9 Å². The highest BCUT2D eigenvalue weighted by molar-refractivity contribution is 6.05. The van der Waals surface area contributed by atoms with E-state index in [0.29, 0.717) is 25.1 Å². The monoisotopic (exact) mass is 950 g/mol. The smallest absolute Gasteiger partial charge is 0.324 e.